The first-order valence-electron chi connectivity index (χ1n) is 7.97. The molecule has 2 aromatic carbocycles. The van der Waals surface area contributed by atoms with Gasteiger partial charge in [-0.3, -0.25) is 0 Å². The molecule has 0 aliphatic rings. The van der Waals surface area contributed by atoms with Gasteiger partial charge in [-0.05, 0) is 18.1 Å². The largest absolute Gasteiger partial charge is 0.493 e. The number of thiazole rings is 1. The third-order valence-electron chi connectivity index (χ3n) is 3.93. The van der Waals surface area contributed by atoms with Crippen LogP contribution in [-0.4, -0.2) is 19.2 Å². The number of hydrogen-bond acceptors (Lipinski definition) is 4. The van der Waals surface area contributed by atoms with E-state index in [9.17, 15) is 0 Å². The highest BCUT2D eigenvalue weighted by molar-refractivity contribution is 7.09. The summed E-state index contributed by atoms with van der Waals surface area (Å²) in [6.07, 6.45) is 2.75. The van der Waals surface area contributed by atoms with E-state index < -0.39 is 0 Å². The number of nitrogens with zero attached hydrogens (tertiary/aromatic N) is 1. The van der Waals surface area contributed by atoms with E-state index in [-0.39, 0.29) is 0 Å². The molecule has 3 rings (SSSR count). The molecular formula is C20H21NO2S. The molecule has 0 bridgehead atoms. The van der Waals surface area contributed by atoms with Crippen LogP contribution in [0.1, 0.15) is 21.8 Å². The summed E-state index contributed by atoms with van der Waals surface area (Å²) in [6.45, 7) is 0. The van der Waals surface area contributed by atoms with Crippen molar-refractivity contribution in [1.82, 2.24) is 4.98 Å². The lowest BCUT2D eigenvalue weighted by Gasteiger charge is -2.11. The van der Waals surface area contributed by atoms with Crippen LogP contribution in [0.25, 0.3) is 0 Å². The average molecular weight is 339 g/mol. The Morgan fingerprint density at radius 1 is 0.917 bits per heavy atom. The maximum atomic E-state index is 5.50. The number of aryl methyl sites for hydroxylation is 2. The highest BCUT2D eigenvalue weighted by Crippen LogP contribution is 2.32. The van der Waals surface area contributed by atoms with Crippen molar-refractivity contribution < 1.29 is 9.47 Å². The molecule has 0 N–H and O–H groups in total. The quantitative estimate of drug-likeness (QED) is 0.633. The number of ether oxygens (including phenoxy) is 2. The first kappa shape index (κ1) is 16.5. The van der Waals surface area contributed by atoms with Crippen LogP contribution in [0.2, 0.25) is 0 Å². The fraction of sp³-hybridized carbons (Fsp3) is 0.250. The number of para-hydroxylation sites is 1. The van der Waals surface area contributed by atoms with E-state index in [2.05, 4.69) is 35.7 Å². The summed E-state index contributed by atoms with van der Waals surface area (Å²) in [5.74, 6) is 1.55. The first-order valence-corrected chi connectivity index (χ1v) is 8.85. The molecule has 0 atom stereocenters. The Kier molecular flexibility index (Phi) is 5.49. The molecule has 0 fully saturated rings. The zero-order chi connectivity index (χ0) is 16.8. The van der Waals surface area contributed by atoms with Gasteiger partial charge in [0.15, 0.2) is 11.5 Å². The minimum Gasteiger partial charge on any atom is -0.493 e. The van der Waals surface area contributed by atoms with Crippen molar-refractivity contribution in [1.29, 1.82) is 0 Å². The van der Waals surface area contributed by atoms with Gasteiger partial charge < -0.3 is 9.47 Å². The van der Waals surface area contributed by atoms with E-state index in [1.54, 1.807) is 25.6 Å². The Bertz CT molecular complexity index is 783. The zero-order valence-electron chi connectivity index (χ0n) is 14.0. The molecule has 0 unspecified atom stereocenters. The van der Waals surface area contributed by atoms with Crippen LogP contribution in [0.3, 0.4) is 0 Å². The normalized spacial score (nSPS) is 10.6. The second-order valence-corrected chi connectivity index (χ2v) is 6.49. The SMILES string of the molecule is COc1cccc(Cc2csc(CCc3ccccc3)n2)c1OC. The third-order valence-corrected chi connectivity index (χ3v) is 4.88. The van der Waals surface area contributed by atoms with Crippen LogP contribution >= 0.6 is 11.3 Å². The minimum absolute atomic E-state index is 0.752. The second-order valence-electron chi connectivity index (χ2n) is 5.55. The Morgan fingerprint density at radius 3 is 2.50 bits per heavy atom. The van der Waals surface area contributed by atoms with Gasteiger partial charge in [-0.2, -0.15) is 0 Å². The summed E-state index contributed by atoms with van der Waals surface area (Å²) in [6, 6.07) is 16.5. The molecule has 0 spiro atoms. The lowest BCUT2D eigenvalue weighted by molar-refractivity contribution is 0.352. The molecule has 24 heavy (non-hydrogen) atoms. The van der Waals surface area contributed by atoms with Crippen molar-refractivity contribution >= 4 is 11.3 Å². The third kappa shape index (κ3) is 3.95. The van der Waals surface area contributed by atoms with Gasteiger partial charge in [-0.15, -0.1) is 11.3 Å². The summed E-state index contributed by atoms with van der Waals surface area (Å²) in [4.78, 5) is 4.77. The molecule has 0 aliphatic carbocycles. The number of methoxy groups -OCH3 is 2. The van der Waals surface area contributed by atoms with E-state index >= 15 is 0 Å². The first-order chi connectivity index (χ1) is 11.8. The van der Waals surface area contributed by atoms with Gasteiger partial charge in [0.05, 0.1) is 24.9 Å². The van der Waals surface area contributed by atoms with Gasteiger partial charge in [0, 0.05) is 23.8 Å². The Morgan fingerprint density at radius 2 is 1.75 bits per heavy atom. The van der Waals surface area contributed by atoms with Gasteiger partial charge in [0.25, 0.3) is 0 Å². The van der Waals surface area contributed by atoms with Crippen molar-refractivity contribution in [2.45, 2.75) is 19.3 Å². The van der Waals surface area contributed by atoms with Crippen molar-refractivity contribution in [2.24, 2.45) is 0 Å². The Labute approximate surface area is 146 Å². The minimum atomic E-state index is 0.752. The van der Waals surface area contributed by atoms with Crippen LogP contribution in [0.5, 0.6) is 11.5 Å². The summed E-state index contributed by atoms with van der Waals surface area (Å²) >= 11 is 1.73. The van der Waals surface area contributed by atoms with Gasteiger partial charge in [0.2, 0.25) is 0 Å². The van der Waals surface area contributed by atoms with Crippen molar-refractivity contribution in [3.63, 3.8) is 0 Å². The summed E-state index contributed by atoms with van der Waals surface area (Å²) in [5.41, 5.74) is 3.52. The summed E-state index contributed by atoms with van der Waals surface area (Å²) in [7, 11) is 3.33. The molecule has 0 saturated carbocycles. The molecule has 1 heterocycles. The smallest absolute Gasteiger partial charge is 0.164 e. The van der Waals surface area contributed by atoms with E-state index in [1.165, 1.54) is 10.6 Å². The highest BCUT2D eigenvalue weighted by Gasteiger charge is 2.11. The van der Waals surface area contributed by atoms with E-state index in [0.29, 0.717) is 0 Å². The molecule has 4 heteroatoms. The topological polar surface area (TPSA) is 31.4 Å². The van der Waals surface area contributed by atoms with Gasteiger partial charge in [-0.25, -0.2) is 4.98 Å². The summed E-state index contributed by atoms with van der Waals surface area (Å²) in [5, 5.41) is 3.31. The fourth-order valence-corrected chi connectivity index (χ4v) is 3.53. The molecule has 0 aliphatic heterocycles. The second kappa shape index (κ2) is 7.97. The van der Waals surface area contributed by atoms with E-state index in [0.717, 1.165) is 42.0 Å². The van der Waals surface area contributed by atoms with E-state index in [1.807, 2.05) is 18.2 Å². The molecule has 0 radical (unpaired) electrons. The monoisotopic (exact) mass is 339 g/mol. The Balaban J connectivity index is 1.68. The lowest BCUT2D eigenvalue weighted by atomic mass is 10.1. The molecule has 3 aromatic rings. The molecular weight excluding hydrogens is 318 g/mol. The Hall–Kier alpha value is -2.33. The zero-order valence-corrected chi connectivity index (χ0v) is 14.8. The molecule has 0 amide bonds. The van der Waals surface area contributed by atoms with Crippen molar-refractivity contribution in [2.75, 3.05) is 14.2 Å². The number of hydrogen-bond donors (Lipinski definition) is 0. The highest BCUT2D eigenvalue weighted by atomic mass is 32.1. The van der Waals surface area contributed by atoms with Crippen LogP contribution < -0.4 is 9.47 Å². The van der Waals surface area contributed by atoms with Gasteiger partial charge in [0.1, 0.15) is 0 Å². The predicted molar refractivity (Wildman–Crippen MR) is 98.3 cm³/mol. The standard InChI is InChI=1S/C20H21NO2S/c1-22-18-10-6-9-16(20(18)23-2)13-17-14-24-19(21-17)12-11-15-7-4-3-5-8-15/h3-10,14H,11-13H2,1-2H3. The van der Waals surface area contributed by atoms with Crippen LogP contribution in [0.15, 0.2) is 53.9 Å². The van der Waals surface area contributed by atoms with Crippen LogP contribution in [0, 0.1) is 0 Å². The van der Waals surface area contributed by atoms with Crippen LogP contribution in [-0.2, 0) is 19.3 Å². The van der Waals surface area contributed by atoms with Gasteiger partial charge >= 0.3 is 0 Å². The fourth-order valence-electron chi connectivity index (χ4n) is 2.73. The molecule has 3 nitrogen and oxygen atoms in total. The summed E-state index contributed by atoms with van der Waals surface area (Å²) < 4.78 is 10.9. The number of aromatic nitrogens is 1. The molecule has 124 valence electrons. The molecule has 0 saturated heterocycles. The average Bonchev–Trinajstić information content (AvgIpc) is 3.08. The van der Waals surface area contributed by atoms with E-state index in [4.69, 9.17) is 14.5 Å². The predicted octanol–water partition coefficient (Wildman–Crippen LogP) is 4.54. The van der Waals surface area contributed by atoms with Crippen LogP contribution in [0.4, 0.5) is 0 Å². The maximum absolute atomic E-state index is 5.50. The van der Waals surface area contributed by atoms with Crippen molar-refractivity contribution in [3.05, 3.63) is 75.7 Å². The number of benzene rings is 2. The van der Waals surface area contributed by atoms with Crippen molar-refractivity contribution in [3.8, 4) is 11.5 Å². The number of rotatable bonds is 7. The molecule has 1 aromatic heterocycles. The lowest BCUT2D eigenvalue weighted by Crippen LogP contribution is -1.98. The maximum Gasteiger partial charge on any atom is 0.164 e. The van der Waals surface area contributed by atoms with Gasteiger partial charge in [-0.1, -0.05) is 42.5 Å².